The molecule has 0 amide bonds. The van der Waals surface area contributed by atoms with Crippen molar-refractivity contribution < 1.29 is 29.2 Å². The molecule has 0 radical (unpaired) electrons. The van der Waals surface area contributed by atoms with Crippen molar-refractivity contribution in [2.45, 2.75) is 0 Å². The Morgan fingerprint density at radius 1 is 0.864 bits per heavy atom. The zero-order chi connectivity index (χ0) is 16.3. The van der Waals surface area contributed by atoms with Crippen LogP contribution >= 0.6 is 0 Å². The van der Waals surface area contributed by atoms with Gasteiger partial charge in [0.15, 0.2) is 11.5 Å². The van der Waals surface area contributed by atoms with Gasteiger partial charge in [0, 0.05) is 17.7 Å². The van der Waals surface area contributed by atoms with Crippen LogP contribution in [0.5, 0.6) is 28.7 Å². The summed E-state index contributed by atoms with van der Waals surface area (Å²) in [6, 6.07) is 7.04. The van der Waals surface area contributed by atoms with Crippen LogP contribution in [0, 0.1) is 0 Å². The van der Waals surface area contributed by atoms with Gasteiger partial charge in [-0.3, -0.25) is 4.79 Å². The van der Waals surface area contributed by atoms with Crippen LogP contribution in [0.25, 0.3) is 0 Å². The Bertz CT molecular complexity index is 708. The van der Waals surface area contributed by atoms with Gasteiger partial charge in [0.2, 0.25) is 5.78 Å². The molecule has 0 unspecified atom stereocenters. The van der Waals surface area contributed by atoms with Gasteiger partial charge in [0.1, 0.15) is 22.8 Å². The molecule has 0 aliphatic heterocycles. The highest BCUT2D eigenvalue weighted by Gasteiger charge is 2.21. The molecule has 0 heterocycles. The van der Waals surface area contributed by atoms with E-state index in [-0.39, 0.29) is 34.1 Å². The average molecular weight is 304 g/mol. The third-order valence-corrected chi connectivity index (χ3v) is 3.18. The zero-order valence-electron chi connectivity index (χ0n) is 12.4. The molecule has 0 spiro atoms. The summed E-state index contributed by atoms with van der Waals surface area (Å²) in [5, 5.41) is 19.8. The predicted octanol–water partition coefficient (Wildman–Crippen LogP) is 2.35. The first-order valence-electron chi connectivity index (χ1n) is 6.38. The largest absolute Gasteiger partial charge is 0.507 e. The van der Waals surface area contributed by atoms with Gasteiger partial charge >= 0.3 is 0 Å². The number of carbonyl (C=O) groups excluding carboxylic acids is 1. The molecule has 0 fully saturated rings. The molecule has 0 atom stereocenters. The lowest BCUT2D eigenvalue weighted by molar-refractivity contribution is 0.103. The summed E-state index contributed by atoms with van der Waals surface area (Å²) in [5.41, 5.74) is 0.185. The topological polar surface area (TPSA) is 85.2 Å². The van der Waals surface area contributed by atoms with E-state index in [2.05, 4.69) is 0 Å². The van der Waals surface area contributed by atoms with Crippen molar-refractivity contribution in [3.8, 4) is 28.7 Å². The first kappa shape index (κ1) is 15.5. The second kappa shape index (κ2) is 6.26. The van der Waals surface area contributed by atoms with E-state index in [4.69, 9.17) is 14.2 Å². The van der Waals surface area contributed by atoms with Crippen molar-refractivity contribution in [2.75, 3.05) is 21.3 Å². The van der Waals surface area contributed by atoms with Gasteiger partial charge in [-0.1, -0.05) is 0 Å². The first-order valence-corrected chi connectivity index (χ1v) is 6.38. The fourth-order valence-electron chi connectivity index (χ4n) is 2.06. The second-order valence-corrected chi connectivity index (χ2v) is 4.44. The van der Waals surface area contributed by atoms with E-state index in [1.54, 1.807) is 0 Å². The maximum absolute atomic E-state index is 12.6. The molecule has 0 saturated carbocycles. The van der Waals surface area contributed by atoms with Crippen molar-refractivity contribution in [3.05, 3.63) is 41.5 Å². The van der Waals surface area contributed by atoms with Gasteiger partial charge in [-0.25, -0.2) is 0 Å². The van der Waals surface area contributed by atoms with Crippen LogP contribution in [0.2, 0.25) is 0 Å². The predicted molar refractivity (Wildman–Crippen MR) is 79.3 cm³/mol. The molecule has 2 aromatic rings. The molecule has 0 aliphatic rings. The Kier molecular flexibility index (Phi) is 4.41. The summed E-state index contributed by atoms with van der Waals surface area (Å²) >= 11 is 0. The number of rotatable bonds is 5. The minimum absolute atomic E-state index is 0.00660. The summed E-state index contributed by atoms with van der Waals surface area (Å²) in [5.74, 6) is -0.130. The monoisotopic (exact) mass is 304 g/mol. The molecule has 2 rings (SSSR count). The first-order chi connectivity index (χ1) is 10.5. The van der Waals surface area contributed by atoms with Crippen LogP contribution in [0.4, 0.5) is 0 Å². The molecule has 0 bridgehead atoms. The van der Waals surface area contributed by atoms with E-state index < -0.39 is 5.78 Å². The van der Waals surface area contributed by atoms with E-state index in [1.807, 2.05) is 0 Å². The third-order valence-electron chi connectivity index (χ3n) is 3.18. The highest BCUT2D eigenvalue weighted by molar-refractivity contribution is 6.12. The molecule has 6 heteroatoms. The number of phenolic OH excluding ortho intramolecular Hbond substituents is 2. The molecule has 22 heavy (non-hydrogen) atoms. The number of carbonyl (C=O) groups is 1. The smallest absolute Gasteiger partial charge is 0.200 e. The van der Waals surface area contributed by atoms with Crippen molar-refractivity contribution in [1.82, 2.24) is 0 Å². The lowest BCUT2D eigenvalue weighted by atomic mass is 10.0. The Hall–Kier alpha value is -2.89. The van der Waals surface area contributed by atoms with Crippen LogP contribution in [-0.4, -0.2) is 37.3 Å². The molecule has 2 aromatic carbocycles. The maximum Gasteiger partial charge on any atom is 0.200 e. The molecule has 2 N–H and O–H groups in total. The van der Waals surface area contributed by atoms with Crippen molar-refractivity contribution >= 4 is 5.78 Å². The molecule has 0 saturated heterocycles. The SMILES string of the molecule is COc1cc(O)c(C(=O)c2ccc(OC)c(O)c2)c(OC)c1. The Labute approximate surface area is 127 Å². The normalized spacial score (nSPS) is 10.1. The van der Waals surface area contributed by atoms with Gasteiger partial charge in [-0.15, -0.1) is 0 Å². The third kappa shape index (κ3) is 2.76. The van der Waals surface area contributed by atoms with Crippen LogP contribution in [0.15, 0.2) is 30.3 Å². The van der Waals surface area contributed by atoms with Crippen molar-refractivity contribution in [3.63, 3.8) is 0 Å². The molecule has 0 aliphatic carbocycles. The van der Waals surface area contributed by atoms with Crippen LogP contribution in [0.3, 0.4) is 0 Å². The lowest BCUT2D eigenvalue weighted by Gasteiger charge is -2.12. The quantitative estimate of drug-likeness (QED) is 0.825. The van der Waals surface area contributed by atoms with Gasteiger partial charge in [0.05, 0.1) is 21.3 Å². The minimum atomic E-state index is -0.491. The van der Waals surface area contributed by atoms with Gasteiger partial charge < -0.3 is 24.4 Å². The number of phenols is 2. The summed E-state index contributed by atoms with van der Waals surface area (Å²) in [6.07, 6.45) is 0. The van der Waals surface area contributed by atoms with E-state index in [1.165, 1.54) is 51.7 Å². The standard InChI is InChI=1S/C16H16O6/c1-20-10-7-12(18)15(14(8-10)22-3)16(19)9-4-5-13(21-2)11(17)6-9/h4-8,17-18H,1-3H3. The number of benzene rings is 2. The maximum atomic E-state index is 12.6. The summed E-state index contributed by atoms with van der Waals surface area (Å²) < 4.78 is 15.1. The second-order valence-electron chi connectivity index (χ2n) is 4.44. The molecular formula is C16H16O6. The van der Waals surface area contributed by atoms with Gasteiger partial charge in [0.25, 0.3) is 0 Å². The van der Waals surface area contributed by atoms with Crippen molar-refractivity contribution in [2.24, 2.45) is 0 Å². The van der Waals surface area contributed by atoms with E-state index in [9.17, 15) is 15.0 Å². The summed E-state index contributed by atoms with van der Waals surface area (Å²) in [6.45, 7) is 0. The highest BCUT2D eigenvalue weighted by Crippen LogP contribution is 2.36. The Morgan fingerprint density at radius 2 is 1.55 bits per heavy atom. The van der Waals surface area contributed by atoms with E-state index in [0.29, 0.717) is 5.75 Å². The van der Waals surface area contributed by atoms with E-state index in [0.717, 1.165) is 0 Å². The molecular weight excluding hydrogens is 288 g/mol. The average Bonchev–Trinajstić information content (AvgIpc) is 2.53. The summed E-state index contributed by atoms with van der Waals surface area (Å²) in [4.78, 5) is 12.6. The molecule has 0 aromatic heterocycles. The van der Waals surface area contributed by atoms with Gasteiger partial charge in [-0.2, -0.15) is 0 Å². The number of ether oxygens (including phenoxy) is 3. The fraction of sp³-hybridized carbons (Fsp3) is 0.188. The molecule has 6 nitrogen and oxygen atoms in total. The van der Waals surface area contributed by atoms with Crippen LogP contribution < -0.4 is 14.2 Å². The van der Waals surface area contributed by atoms with Crippen LogP contribution in [0.1, 0.15) is 15.9 Å². The number of ketones is 1. The fourth-order valence-corrected chi connectivity index (χ4v) is 2.06. The number of hydrogen-bond acceptors (Lipinski definition) is 6. The van der Waals surface area contributed by atoms with Gasteiger partial charge in [-0.05, 0) is 18.2 Å². The number of aromatic hydroxyl groups is 2. The Morgan fingerprint density at radius 3 is 2.09 bits per heavy atom. The van der Waals surface area contributed by atoms with E-state index >= 15 is 0 Å². The highest BCUT2D eigenvalue weighted by atomic mass is 16.5. The van der Waals surface area contributed by atoms with Crippen LogP contribution in [-0.2, 0) is 0 Å². The molecule has 116 valence electrons. The zero-order valence-corrected chi connectivity index (χ0v) is 12.4. The van der Waals surface area contributed by atoms with Crippen molar-refractivity contribution in [1.29, 1.82) is 0 Å². The lowest BCUT2D eigenvalue weighted by Crippen LogP contribution is -2.05. The summed E-state index contributed by atoms with van der Waals surface area (Å²) in [7, 11) is 4.24. The number of methoxy groups -OCH3 is 3. The minimum Gasteiger partial charge on any atom is -0.507 e. The number of hydrogen-bond donors (Lipinski definition) is 2. The Balaban J connectivity index is 2.51.